The SMILES string of the molecule is CN1CC(CN)CC1c1ccc(O)c(O)c1. The quantitative estimate of drug-likeness (QED) is 0.654. The van der Waals surface area contributed by atoms with E-state index in [9.17, 15) is 10.2 Å². The van der Waals surface area contributed by atoms with Crippen molar-refractivity contribution in [2.75, 3.05) is 20.1 Å². The lowest BCUT2D eigenvalue weighted by Crippen LogP contribution is -2.20. The Labute approximate surface area is 95.3 Å². The molecule has 0 bridgehead atoms. The molecule has 0 radical (unpaired) electrons. The maximum atomic E-state index is 9.48. The second-order valence-corrected chi connectivity index (χ2v) is 4.54. The van der Waals surface area contributed by atoms with Gasteiger partial charge in [0.05, 0.1) is 0 Å². The van der Waals surface area contributed by atoms with Gasteiger partial charge in [0.2, 0.25) is 0 Å². The first-order chi connectivity index (χ1) is 7.61. The molecule has 4 N–H and O–H groups in total. The highest BCUT2D eigenvalue weighted by molar-refractivity contribution is 5.41. The van der Waals surface area contributed by atoms with Crippen LogP contribution in [0.1, 0.15) is 18.0 Å². The molecule has 0 spiro atoms. The molecule has 16 heavy (non-hydrogen) atoms. The summed E-state index contributed by atoms with van der Waals surface area (Å²) in [5.41, 5.74) is 6.71. The Hall–Kier alpha value is -1.26. The Kier molecular flexibility index (Phi) is 3.03. The number of nitrogens with zero attached hydrogens (tertiary/aromatic N) is 1. The van der Waals surface area contributed by atoms with E-state index >= 15 is 0 Å². The number of aromatic hydroxyl groups is 2. The van der Waals surface area contributed by atoms with Gasteiger partial charge in [-0.15, -0.1) is 0 Å². The van der Waals surface area contributed by atoms with Gasteiger partial charge in [0.15, 0.2) is 11.5 Å². The van der Waals surface area contributed by atoms with Gasteiger partial charge in [-0.25, -0.2) is 0 Å². The topological polar surface area (TPSA) is 69.7 Å². The van der Waals surface area contributed by atoms with Crippen LogP contribution in [0.25, 0.3) is 0 Å². The van der Waals surface area contributed by atoms with Crippen molar-refractivity contribution < 1.29 is 10.2 Å². The molecular formula is C12H18N2O2. The summed E-state index contributed by atoms with van der Waals surface area (Å²) in [6, 6.07) is 5.32. The third-order valence-electron chi connectivity index (χ3n) is 3.35. The van der Waals surface area contributed by atoms with Crippen LogP contribution < -0.4 is 5.73 Å². The number of rotatable bonds is 2. The molecule has 0 amide bonds. The zero-order valence-corrected chi connectivity index (χ0v) is 9.43. The lowest BCUT2D eigenvalue weighted by atomic mass is 9.99. The highest BCUT2D eigenvalue weighted by Gasteiger charge is 2.29. The summed E-state index contributed by atoms with van der Waals surface area (Å²) in [5, 5.41) is 18.7. The molecule has 1 heterocycles. The van der Waals surface area contributed by atoms with Crippen molar-refractivity contribution in [3.63, 3.8) is 0 Å². The van der Waals surface area contributed by atoms with E-state index in [0.717, 1.165) is 18.5 Å². The number of phenols is 2. The average Bonchev–Trinajstić information content (AvgIpc) is 2.64. The Morgan fingerprint density at radius 2 is 2.12 bits per heavy atom. The molecule has 0 saturated carbocycles. The van der Waals surface area contributed by atoms with Gasteiger partial charge in [0.25, 0.3) is 0 Å². The fraction of sp³-hybridized carbons (Fsp3) is 0.500. The van der Waals surface area contributed by atoms with Crippen LogP contribution in [0.15, 0.2) is 18.2 Å². The van der Waals surface area contributed by atoms with Crippen LogP contribution in [-0.4, -0.2) is 35.3 Å². The van der Waals surface area contributed by atoms with Gasteiger partial charge in [-0.2, -0.15) is 0 Å². The minimum atomic E-state index is -0.0697. The van der Waals surface area contributed by atoms with Crippen LogP contribution >= 0.6 is 0 Å². The summed E-state index contributed by atoms with van der Waals surface area (Å²) in [5.74, 6) is 0.396. The summed E-state index contributed by atoms with van der Waals surface area (Å²) in [4.78, 5) is 2.24. The van der Waals surface area contributed by atoms with E-state index in [2.05, 4.69) is 11.9 Å². The Balaban J connectivity index is 2.21. The average molecular weight is 222 g/mol. The summed E-state index contributed by atoms with van der Waals surface area (Å²) in [6.07, 6.45) is 1.01. The van der Waals surface area contributed by atoms with Gasteiger partial charge in [0, 0.05) is 12.6 Å². The number of hydrogen-bond donors (Lipinski definition) is 3. The monoisotopic (exact) mass is 222 g/mol. The highest BCUT2D eigenvalue weighted by Crippen LogP contribution is 2.36. The maximum absolute atomic E-state index is 9.48. The number of likely N-dealkylation sites (tertiary alicyclic amines) is 1. The Morgan fingerprint density at radius 1 is 1.38 bits per heavy atom. The van der Waals surface area contributed by atoms with Gasteiger partial charge >= 0.3 is 0 Å². The second kappa shape index (κ2) is 4.31. The predicted octanol–water partition coefficient (Wildman–Crippen LogP) is 1.05. The van der Waals surface area contributed by atoms with Crippen LogP contribution in [0.5, 0.6) is 11.5 Å². The molecule has 2 rings (SSSR count). The molecule has 1 aliphatic heterocycles. The van der Waals surface area contributed by atoms with Crippen molar-refractivity contribution in [1.82, 2.24) is 4.90 Å². The molecule has 2 atom stereocenters. The molecule has 1 fully saturated rings. The molecule has 1 aliphatic rings. The van der Waals surface area contributed by atoms with Crippen molar-refractivity contribution >= 4 is 0 Å². The molecular weight excluding hydrogens is 204 g/mol. The molecule has 0 aromatic heterocycles. The number of hydrogen-bond acceptors (Lipinski definition) is 4. The molecule has 2 unspecified atom stereocenters. The van der Waals surface area contributed by atoms with Crippen LogP contribution in [0.4, 0.5) is 0 Å². The minimum Gasteiger partial charge on any atom is -0.504 e. The summed E-state index contributed by atoms with van der Waals surface area (Å²) in [6.45, 7) is 1.69. The lowest BCUT2D eigenvalue weighted by Gasteiger charge is -2.19. The normalized spacial score (nSPS) is 26.1. The largest absolute Gasteiger partial charge is 0.504 e. The zero-order chi connectivity index (χ0) is 11.7. The molecule has 1 saturated heterocycles. The smallest absolute Gasteiger partial charge is 0.157 e. The standard InChI is InChI=1S/C12H18N2O2/c1-14-7-8(6-13)4-10(14)9-2-3-11(15)12(16)5-9/h2-3,5,8,10,15-16H,4,6-7,13H2,1H3. The molecule has 0 aliphatic carbocycles. The van der Waals surface area contributed by atoms with Crippen molar-refractivity contribution in [3.8, 4) is 11.5 Å². The van der Waals surface area contributed by atoms with E-state index in [-0.39, 0.29) is 11.5 Å². The van der Waals surface area contributed by atoms with Crippen molar-refractivity contribution in [1.29, 1.82) is 0 Å². The minimum absolute atomic E-state index is 0.0536. The number of benzene rings is 1. The van der Waals surface area contributed by atoms with Crippen LogP contribution in [0, 0.1) is 5.92 Å². The molecule has 4 nitrogen and oxygen atoms in total. The molecule has 1 aromatic rings. The first-order valence-electron chi connectivity index (χ1n) is 5.54. The first kappa shape index (κ1) is 11.2. The van der Waals surface area contributed by atoms with Crippen LogP contribution in [0.2, 0.25) is 0 Å². The Bertz CT molecular complexity index is 381. The van der Waals surface area contributed by atoms with E-state index in [1.165, 1.54) is 6.07 Å². The maximum Gasteiger partial charge on any atom is 0.157 e. The van der Waals surface area contributed by atoms with Crippen LogP contribution in [0.3, 0.4) is 0 Å². The Morgan fingerprint density at radius 3 is 2.69 bits per heavy atom. The van der Waals surface area contributed by atoms with Gasteiger partial charge in [-0.3, -0.25) is 4.90 Å². The van der Waals surface area contributed by atoms with Crippen LogP contribution in [-0.2, 0) is 0 Å². The summed E-state index contributed by atoms with van der Waals surface area (Å²) < 4.78 is 0. The van der Waals surface area contributed by atoms with Crippen molar-refractivity contribution in [3.05, 3.63) is 23.8 Å². The summed E-state index contributed by atoms with van der Waals surface area (Å²) >= 11 is 0. The fourth-order valence-electron chi connectivity index (χ4n) is 2.41. The fourth-order valence-corrected chi connectivity index (χ4v) is 2.41. The summed E-state index contributed by atoms with van der Waals surface area (Å²) in [7, 11) is 2.06. The number of nitrogens with two attached hydrogens (primary N) is 1. The van der Waals surface area contributed by atoms with E-state index in [0.29, 0.717) is 18.5 Å². The zero-order valence-electron chi connectivity index (χ0n) is 9.43. The molecule has 88 valence electrons. The van der Waals surface area contributed by atoms with E-state index < -0.39 is 0 Å². The molecule has 4 heteroatoms. The lowest BCUT2D eigenvalue weighted by molar-refractivity contribution is 0.312. The third-order valence-corrected chi connectivity index (χ3v) is 3.35. The second-order valence-electron chi connectivity index (χ2n) is 4.54. The number of phenolic OH excluding ortho intramolecular Hbond substituents is 2. The van der Waals surface area contributed by atoms with Gasteiger partial charge in [-0.1, -0.05) is 6.07 Å². The van der Waals surface area contributed by atoms with E-state index in [4.69, 9.17) is 5.73 Å². The molecule has 1 aromatic carbocycles. The van der Waals surface area contributed by atoms with Gasteiger partial charge < -0.3 is 15.9 Å². The van der Waals surface area contributed by atoms with Crippen molar-refractivity contribution in [2.24, 2.45) is 11.7 Å². The van der Waals surface area contributed by atoms with Crippen molar-refractivity contribution in [2.45, 2.75) is 12.5 Å². The van der Waals surface area contributed by atoms with E-state index in [1.807, 2.05) is 6.07 Å². The van der Waals surface area contributed by atoms with Gasteiger partial charge in [0.1, 0.15) is 0 Å². The third kappa shape index (κ3) is 1.99. The predicted molar refractivity (Wildman–Crippen MR) is 62.3 cm³/mol. The van der Waals surface area contributed by atoms with E-state index in [1.54, 1.807) is 6.07 Å². The highest BCUT2D eigenvalue weighted by atomic mass is 16.3. The van der Waals surface area contributed by atoms with Gasteiger partial charge in [-0.05, 0) is 43.6 Å². The first-order valence-corrected chi connectivity index (χ1v) is 5.54.